The maximum absolute atomic E-state index is 13.2. The number of aliphatic imine (C=N–C) groups is 1. The first-order chi connectivity index (χ1) is 14.1. The third kappa shape index (κ3) is 2.72. The topological polar surface area (TPSA) is 65.0 Å². The molecule has 2 aromatic carbocycles. The number of fused-ring (bicyclic) bond motifs is 2. The van der Waals surface area contributed by atoms with Crippen molar-refractivity contribution in [3.63, 3.8) is 0 Å². The van der Waals surface area contributed by atoms with Crippen LogP contribution in [0.3, 0.4) is 0 Å². The van der Waals surface area contributed by atoms with E-state index in [1.807, 2.05) is 65.6 Å². The molecular weight excluding hydrogens is 404 g/mol. The number of carbonyl (C=O) groups excluding carboxylic acids is 2. The lowest BCUT2D eigenvalue weighted by atomic mass is 10.1. The minimum atomic E-state index is -1.21. The van der Waals surface area contributed by atoms with Crippen LogP contribution in [0.1, 0.15) is 0 Å². The molecule has 3 aliphatic rings. The molecule has 1 unspecified atom stereocenters. The summed E-state index contributed by atoms with van der Waals surface area (Å²) in [4.78, 5) is 32.0. The number of thioether (sulfide) groups is 1. The summed E-state index contributed by atoms with van der Waals surface area (Å²) in [5.74, 6) is -0.696. The predicted molar refractivity (Wildman–Crippen MR) is 118 cm³/mol. The van der Waals surface area contributed by atoms with Gasteiger partial charge in [0.1, 0.15) is 5.70 Å². The van der Waals surface area contributed by atoms with Gasteiger partial charge in [-0.05, 0) is 60.4 Å². The van der Waals surface area contributed by atoms with Gasteiger partial charge in [0.25, 0.3) is 11.8 Å². The molecule has 0 saturated carbocycles. The van der Waals surface area contributed by atoms with E-state index in [0.29, 0.717) is 10.9 Å². The Labute approximate surface area is 176 Å². The van der Waals surface area contributed by atoms with Crippen LogP contribution in [-0.2, 0) is 9.59 Å². The van der Waals surface area contributed by atoms with E-state index in [2.05, 4.69) is 10.3 Å². The minimum absolute atomic E-state index is 0.203. The molecule has 0 radical (unpaired) electrons. The van der Waals surface area contributed by atoms with Gasteiger partial charge < -0.3 is 0 Å². The highest BCUT2D eigenvalue weighted by atomic mass is 32.2. The fourth-order valence-electron chi connectivity index (χ4n) is 3.49. The lowest BCUT2D eigenvalue weighted by Crippen LogP contribution is -2.50. The molecule has 5 rings (SSSR count). The Bertz CT molecular complexity index is 1090. The average Bonchev–Trinajstić information content (AvgIpc) is 3.21. The van der Waals surface area contributed by atoms with E-state index in [0.717, 1.165) is 11.4 Å². The van der Waals surface area contributed by atoms with Gasteiger partial charge in [0.2, 0.25) is 4.87 Å². The highest BCUT2D eigenvalue weighted by Crippen LogP contribution is 2.46. The van der Waals surface area contributed by atoms with Crippen molar-refractivity contribution in [2.24, 2.45) is 4.99 Å². The normalized spacial score (nSPS) is 22.5. The van der Waals surface area contributed by atoms with Gasteiger partial charge in [-0.25, -0.2) is 0 Å². The molecule has 1 N–H and O–H groups in total. The number of nitrogens with one attached hydrogen (secondary N) is 1. The third-order valence-corrected chi connectivity index (χ3v) is 6.32. The molecule has 3 heterocycles. The first-order valence-electron chi connectivity index (χ1n) is 8.87. The van der Waals surface area contributed by atoms with Crippen LogP contribution in [0, 0.1) is 0 Å². The van der Waals surface area contributed by atoms with Gasteiger partial charge in [-0.3, -0.25) is 24.7 Å². The zero-order valence-corrected chi connectivity index (χ0v) is 16.6. The number of amidine groups is 1. The number of anilines is 2. The number of thiocarbonyl (C=S) groups is 1. The Morgan fingerprint density at radius 3 is 2.24 bits per heavy atom. The number of hydrogen-bond acceptors (Lipinski definition) is 5. The van der Waals surface area contributed by atoms with Crippen LogP contribution < -0.4 is 10.2 Å². The van der Waals surface area contributed by atoms with Crippen molar-refractivity contribution in [1.29, 1.82) is 0 Å². The number of para-hydroxylation sites is 2. The zero-order valence-electron chi connectivity index (χ0n) is 15.0. The Morgan fingerprint density at radius 2 is 1.62 bits per heavy atom. The molecule has 6 nitrogen and oxygen atoms in total. The molecule has 0 aliphatic carbocycles. The second-order valence-electron chi connectivity index (χ2n) is 6.51. The first-order valence-corrected chi connectivity index (χ1v) is 10.1. The van der Waals surface area contributed by atoms with Crippen molar-refractivity contribution in [3.8, 4) is 0 Å². The SMILES string of the molecule is O=C1NC(=S)N2C1=CC=CC21SC(N(c2ccccc2)c2ccccc2)=NC1=O. The lowest BCUT2D eigenvalue weighted by molar-refractivity contribution is -0.121. The maximum atomic E-state index is 13.2. The van der Waals surface area contributed by atoms with Gasteiger partial charge in [-0.1, -0.05) is 42.5 Å². The Kier molecular flexibility index (Phi) is 4.11. The molecule has 29 heavy (non-hydrogen) atoms. The molecule has 1 spiro atoms. The second-order valence-corrected chi connectivity index (χ2v) is 8.09. The molecule has 2 amide bonds. The summed E-state index contributed by atoms with van der Waals surface area (Å²) in [6.45, 7) is 0. The van der Waals surface area contributed by atoms with E-state index < -0.39 is 4.87 Å². The quantitative estimate of drug-likeness (QED) is 0.755. The van der Waals surface area contributed by atoms with Crippen molar-refractivity contribution in [1.82, 2.24) is 10.2 Å². The Balaban J connectivity index is 1.59. The van der Waals surface area contributed by atoms with Crippen molar-refractivity contribution in [2.45, 2.75) is 4.87 Å². The van der Waals surface area contributed by atoms with Crippen LogP contribution in [-0.4, -0.2) is 31.9 Å². The number of rotatable bonds is 2. The zero-order chi connectivity index (χ0) is 20.0. The average molecular weight is 419 g/mol. The minimum Gasteiger partial charge on any atom is -0.297 e. The Hall–Kier alpha value is -3.23. The number of allylic oxidation sites excluding steroid dienone is 2. The highest BCUT2D eigenvalue weighted by Gasteiger charge is 2.56. The molecular formula is C21H14N4O2S2. The molecule has 142 valence electrons. The summed E-state index contributed by atoms with van der Waals surface area (Å²) in [5, 5.41) is 3.33. The van der Waals surface area contributed by atoms with Gasteiger partial charge in [-0.15, -0.1) is 0 Å². The van der Waals surface area contributed by atoms with Crippen molar-refractivity contribution in [2.75, 3.05) is 4.90 Å². The van der Waals surface area contributed by atoms with Crippen molar-refractivity contribution >= 4 is 57.4 Å². The second kappa shape index (κ2) is 6.68. The number of hydrogen-bond donors (Lipinski definition) is 1. The molecule has 8 heteroatoms. The molecule has 3 aliphatic heterocycles. The summed E-state index contributed by atoms with van der Waals surface area (Å²) < 4.78 is 0. The standard InChI is InChI=1S/C21H14N4O2S2/c26-17-16-12-7-13-21(25(16)19(28)22-17)18(27)23-20(29-21)24(14-8-3-1-4-9-14)15-10-5-2-6-11-15/h1-13H,(H,22,26,28). The maximum Gasteiger partial charge on any atom is 0.289 e. The van der Waals surface area contributed by atoms with Crippen LogP contribution in [0.25, 0.3) is 0 Å². The van der Waals surface area contributed by atoms with E-state index in [9.17, 15) is 9.59 Å². The van der Waals surface area contributed by atoms with Crippen molar-refractivity contribution < 1.29 is 9.59 Å². The summed E-state index contributed by atoms with van der Waals surface area (Å²) in [5.41, 5.74) is 2.10. The van der Waals surface area contributed by atoms with Crippen LogP contribution in [0.2, 0.25) is 0 Å². The number of amides is 2. The van der Waals surface area contributed by atoms with E-state index in [1.165, 1.54) is 11.8 Å². The molecule has 0 bridgehead atoms. The Morgan fingerprint density at radius 1 is 1.00 bits per heavy atom. The first kappa shape index (κ1) is 17.8. The molecule has 0 aromatic heterocycles. The number of benzene rings is 2. The molecule has 2 aromatic rings. The van der Waals surface area contributed by atoms with Crippen LogP contribution >= 0.6 is 24.0 Å². The monoisotopic (exact) mass is 418 g/mol. The summed E-state index contributed by atoms with van der Waals surface area (Å²) in [6.07, 6.45) is 5.09. The highest BCUT2D eigenvalue weighted by molar-refractivity contribution is 8.16. The lowest BCUT2D eigenvalue weighted by Gasteiger charge is -2.35. The largest absolute Gasteiger partial charge is 0.297 e. The van der Waals surface area contributed by atoms with Gasteiger partial charge in [0.15, 0.2) is 10.3 Å². The fourth-order valence-corrected chi connectivity index (χ4v) is 5.15. The predicted octanol–water partition coefficient (Wildman–Crippen LogP) is 3.32. The number of nitrogens with zero attached hydrogens (tertiary/aromatic N) is 3. The molecule has 1 saturated heterocycles. The van der Waals surface area contributed by atoms with Gasteiger partial charge >= 0.3 is 0 Å². The van der Waals surface area contributed by atoms with E-state index in [-0.39, 0.29) is 16.9 Å². The summed E-state index contributed by atoms with van der Waals surface area (Å²) in [6, 6.07) is 19.4. The van der Waals surface area contributed by atoms with E-state index in [4.69, 9.17) is 12.2 Å². The van der Waals surface area contributed by atoms with Crippen LogP contribution in [0.5, 0.6) is 0 Å². The molecule has 1 atom stereocenters. The van der Waals surface area contributed by atoms with Crippen LogP contribution in [0.4, 0.5) is 11.4 Å². The summed E-state index contributed by atoms with van der Waals surface area (Å²) in [7, 11) is 0. The third-order valence-electron chi connectivity index (χ3n) is 4.78. The van der Waals surface area contributed by atoms with Gasteiger partial charge in [0.05, 0.1) is 0 Å². The van der Waals surface area contributed by atoms with Gasteiger partial charge in [-0.2, -0.15) is 4.99 Å². The smallest absolute Gasteiger partial charge is 0.289 e. The molecule has 1 fully saturated rings. The van der Waals surface area contributed by atoms with E-state index >= 15 is 0 Å². The van der Waals surface area contributed by atoms with E-state index in [1.54, 1.807) is 23.1 Å². The van der Waals surface area contributed by atoms with Crippen molar-refractivity contribution in [3.05, 3.63) is 84.6 Å². The summed E-state index contributed by atoms with van der Waals surface area (Å²) >= 11 is 6.60. The fraction of sp³-hybridized carbons (Fsp3) is 0.0476. The number of carbonyl (C=O) groups is 2. The van der Waals surface area contributed by atoms with Gasteiger partial charge in [0, 0.05) is 11.4 Å². The van der Waals surface area contributed by atoms with Crippen LogP contribution in [0.15, 0.2) is 89.6 Å².